The fourth-order valence-corrected chi connectivity index (χ4v) is 9.20. The van der Waals surface area contributed by atoms with E-state index in [2.05, 4.69) is 17.4 Å². The summed E-state index contributed by atoms with van der Waals surface area (Å²) in [5.41, 5.74) is 3.96. The Bertz CT molecular complexity index is 1350. The molecule has 2 aromatic carbocycles. The summed E-state index contributed by atoms with van der Waals surface area (Å²) in [7, 11) is -3.77. The first-order valence-corrected chi connectivity index (χ1v) is 17.6. The van der Waals surface area contributed by atoms with Gasteiger partial charge in [-0.15, -0.1) is 0 Å². The first-order valence-electron chi connectivity index (χ1n) is 15.7. The molecule has 228 valence electrons. The SMILES string of the molecule is CCCNC(=O)[C@@H](CC)N(Cc1cccc(C)c1)C(=O)CN(c1ccc(C23CC4CC(CC(C4)C2)C3)cc1)S(C)(=O)=O. The number of sulfonamides is 1. The highest BCUT2D eigenvalue weighted by Crippen LogP contribution is 2.60. The van der Waals surface area contributed by atoms with Gasteiger partial charge in [0.1, 0.15) is 12.6 Å². The summed E-state index contributed by atoms with van der Waals surface area (Å²) in [6, 6.07) is 15.1. The van der Waals surface area contributed by atoms with Crippen molar-refractivity contribution in [3.8, 4) is 0 Å². The molecule has 0 aliphatic heterocycles. The molecule has 0 aromatic heterocycles. The van der Waals surface area contributed by atoms with Gasteiger partial charge in [-0.2, -0.15) is 0 Å². The molecule has 42 heavy (non-hydrogen) atoms. The molecule has 4 aliphatic rings. The number of carbonyl (C=O) groups excluding carboxylic acids is 2. The molecule has 1 N–H and O–H groups in total. The van der Waals surface area contributed by atoms with Gasteiger partial charge in [0.15, 0.2) is 0 Å². The standard InChI is InChI=1S/C34H47N3O4S/c1-5-14-35-33(39)31(6-2)36(22-25-9-7-8-24(3)15-25)32(38)23-37(42(4,40)41)30-12-10-29(11-13-30)34-19-26-16-27(20-34)18-28(17-26)21-34/h7-13,15,26-28,31H,5-6,14,16-23H2,1-4H3,(H,35,39)/t26?,27?,28?,31-,34?/m1/s1. The molecule has 0 unspecified atom stereocenters. The average Bonchev–Trinajstić information content (AvgIpc) is 2.93. The molecule has 7 nitrogen and oxygen atoms in total. The fraction of sp³-hybridized carbons (Fsp3) is 0.588. The topological polar surface area (TPSA) is 86.8 Å². The second kappa shape index (κ2) is 12.4. The predicted molar refractivity (Wildman–Crippen MR) is 168 cm³/mol. The van der Waals surface area contributed by atoms with Crippen LogP contribution < -0.4 is 9.62 Å². The third-order valence-electron chi connectivity index (χ3n) is 9.86. The average molecular weight is 594 g/mol. The largest absolute Gasteiger partial charge is 0.354 e. The molecule has 8 heteroatoms. The molecule has 1 atom stereocenters. The predicted octanol–water partition coefficient (Wildman–Crippen LogP) is 5.56. The Hall–Kier alpha value is -2.87. The summed E-state index contributed by atoms with van der Waals surface area (Å²) in [4.78, 5) is 28.7. The van der Waals surface area contributed by atoms with Crippen molar-refractivity contribution in [3.63, 3.8) is 0 Å². The zero-order valence-electron chi connectivity index (χ0n) is 25.6. The minimum Gasteiger partial charge on any atom is -0.354 e. The quantitative estimate of drug-likeness (QED) is 0.349. The van der Waals surface area contributed by atoms with Gasteiger partial charge in [0.2, 0.25) is 21.8 Å². The van der Waals surface area contributed by atoms with Crippen LogP contribution in [0.15, 0.2) is 48.5 Å². The number of hydrogen-bond acceptors (Lipinski definition) is 4. The minimum atomic E-state index is -3.77. The van der Waals surface area contributed by atoms with Crippen molar-refractivity contribution in [2.75, 3.05) is 23.7 Å². The van der Waals surface area contributed by atoms with E-state index in [0.717, 1.165) is 41.6 Å². The van der Waals surface area contributed by atoms with Gasteiger partial charge < -0.3 is 10.2 Å². The van der Waals surface area contributed by atoms with Crippen LogP contribution in [0.25, 0.3) is 0 Å². The Morgan fingerprint density at radius 3 is 2.12 bits per heavy atom. The summed E-state index contributed by atoms with van der Waals surface area (Å²) in [5, 5.41) is 2.93. The van der Waals surface area contributed by atoms with E-state index >= 15 is 0 Å². The maximum Gasteiger partial charge on any atom is 0.244 e. The lowest BCUT2D eigenvalue weighted by molar-refractivity contribution is -0.140. The van der Waals surface area contributed by atoms with Crippen LogP contribution in [0.5, 0.6) is 0 Å². The van der Waals surface area contributed by atoms with Crippen molar-refractivity contribution in [1.82, 2.24) is 10.2 Å². The Kier molecular flexibility index (Phi) is 9.02. The number of anilines is 1. The lowest BCUT2D eigenvalue weighted by Gasteiger charge is -2.57. The molecule has 0 saturated heterocycles. The van der Waals surface area contributed by atoms with E-state index in [0.29, 0.717) is 18.7 Å². The van der Waals surface area contributed by atoms with E-state index in [1.165, 1.54) is 48.4 Å². The summed E-state index contributed by atoms with van der Waals surface area (Å²) in [6.45, 7) is 6.23. The van der Waals surface area contributed by atoms with Crippen LogP contribution in [0.3, 0.4) is 0 Å². The number of benzene rings is 2. The van der Waals surface area contributed by atoms with E-state index in [4.69, 9.17) is 0 Å². The first kappa shape index (κ1) is 30.6. The normalized spacial score (nSPS) is 25.2. The molecule has 2 amide bonds. The van der Waals surface area contributed by atoms with Crippen LogP contribution >= 0.6 is 0 Å². The zero-order chi connectivity index (χ0) is 30.1. The van der Waals surface area contributed by atoms with Gasteiger partial charge in [-0.05, 0) is 105 Å². The van der Waals surface area contributed by atoms with Crippen LogP contribution in [0.4, 0.5) is 5.69 Å². The summed E-state index contributed by atoms with van der Waals surface area (Å²) >= 11 is 0. The molecule has 0 heterocycles. The third-order valence-corrected chi connectivity index (χ3v) is 11.0. The molecule has 4 aliphatic carbocycles. The molecule has 0 spiro atoms. The van der Waals surface area contributed by atoms with Crippen LogP contribution in [-0.4, -0.2) is 50.5 Å². The molecule has 4 saturated carbocycles. The van der Waals surface area contributed by atoms with Crippen molar-refractivity contribution >= 4 is 27.5 Å². The smallest absolute Gasteiger partial charge is 0.244 e. The van der Waals surface area contributed by atoms with Gasteiger partial charge in [0.05, 0.1) is 11.9 Å². The summed E-state index contributed by atoms with van der Waals surface area (Å²) < 4.78 is 27.4. The van der Waals surface area contributed by atoms with Gasteiger partial charge in [-0.3, -0.25) is 13.9 Å². The van der Waals surface area contributed by atoms with Crippen LogP contribution in [0.2, 0.25) is 0 Å². The number of hydrogen-bond donors (Lipinski definition) is 1. The van der Waals surface area contributed by atoms with E-state index in [1.54, 1.807) is 4.90 Å². The number of amides is 2. The second-order valence-electron chi connectivity index (χ2n) is 13.2. The van der Waals surface area contributed by atoms with Crippen LogP contribution in [-0.2, 0) is 31.6 Å². The van der Waals surface area contributed by atoms with Crippen molar-refractivity contribution < 1.29 is 18.0 Å². The van der Waals surface area contributed by atoms with Gasteiger partial charge in [-0.25, -0.2) is 8.42 Å². The van der Waals surface area contributed by atoms with E-state index in [1.807, 2.05) is 57.2 Å². The molecular weight excluding hydrogens is 546 g/mol. The second-order valence-corrected chi connectivity index (χ2v) is 15.1. The maximum atomic E-state index is 14.0. The Labute approximate surface area is 252 Å². The van der Waals surface area contributed by atoms with E-state index < -0.39 is 22.0 Å². The molecule has 4 bridgehead atoms. The number of aryl methyl sites for hydroxylation is 1. The van der Waals surface area contributed by atoms with Crippen molar-refractivity contribution in [3.05, 3.63) is 65.2 Å². The third kappa shape index (κ3) is 6.53. The fourth-order valence-electron chi connectivity index (χ4n) is 8.35. The summed E-state index contributed by atoms with van der Waals surface area (Å²) in [5.74, 6) is 1.85. The van der Waals surface area contributed by atoms with Crippen LogP contribution in [0, 0.1) is 24.7 Å². The highest BCUT2D eigenvalue weighted by molar-refractivity contribution is 7.92. The van der Waals surface area contributed by atoms with Gasteiger partial charge in [0, 0.05) is 13.1 Å². The van der Waals surface area contributed by atoms with E-state index in [-0.39, 0.29) is 24.4 Å². The first-order chi connectivity index (χ1) is 20.0. The minimum absolute atomic E-state index is 0.212. The van der Waals surface area contributed by atoms with Gasteiger partial charge in [-0.1, -0.05) is 55.8 Å². The highest BCUT2D eigenvalue weighted by atomic mass is 32.2. The zero-order valence-corrected chi connectivity index (χ0v) is 26.5. The number of nitrogens with one attached hydrogen (secondary N) is 1. The van der Waals surface area contributed by atoms with Crippen molar-refractivity contribution in [2.24, 2.45) is 17.8 Å². The van der Waals surface area contributed by atoms with Crippen molar-refractivity contribution in [1.29, 1.82) is 0 Å². The summed E-state index contributed by atoms with van der Waals surface area (Å²) in [6.07, 6.45) is 10.2. The molecular formula is C34H47N3O4S. The number of carbonyl (C=O) groups is 2. The van der Waals surface area contributed by atoms with Crippen molar-refractivity contribution in [2.45, 2.75) is 90.1 Å². The lowest BCUT2D eigenvalue weighted by Crippen LogP contribution is -2.52. The molecule has 6 rings (SSSR count). The molecule has 2 aromatic rings. The van der Waals surface area contributed by atoms with Gasteiger partial charge in [0.25, 0.3) is 0 Å². The van der Waals surface area contributed by atoms with Gasteiger partial charge >= 0.3 is 0 Å². The lowest BCUT2D eigenvalue weighted by atomic mass is 9.48. The monoisotopic (exact) mass is 593 g/mol. The molecule has 0 radical (unpaired) electrons. The number of rotatable bonds is 12. The Balaban J connectivity index is 1.40. The Morgan fingerprint density at radius 2 is 1.60 bits per heavy atom. The highest BCUT2D eigenvalue weighted by Gasteiger charge is 2.51. The molecule has 4 fully saturated rings. The number of nitrogens with zero attached hydrogens (tertiary/aromatic N) is 2. The Morgan fingerprint density at radius 1 is 0.976 bits per heavy atom. The van der Waals surface area contributed by atoms with Crippen LogP contribution in [0.1, 0.15) is 81.9 Å². The maximum absolute atomic E-state index is 14.0. The van der Waals surface area contributed by atoms with E-state index in [9.17, 15) is 18.0 Å².